The van der Waals surface area contributed by atoms with Crippen molar-refractivity contribution in [1.29, 1.82) is 0 Å². The van der Waals surface area contributed by atoms with Gasteiger partial charge in [0, 0.05) is 16.5 Å². The predicted octanol–water partition coefficient (Wildman–Crippen LogP) is 3.68. The van der Waals surface area contributed by atoms with E-state index in [1.54, 1.807) is 19.2 Å². The minimum absolute atomic E-state index is 0.0487. The molecule has 140 valence electrons. The number of carbonyl (C=O) groups excluding carboxylic acids is 1. The van der Waals surface area contributed by atoms with Crippen LogP contribution >= 0.6 is 11.3 Å². The van der Waals surface area contributed by atoms with E-state index in [4.69, 9.17) is 9.47 Å². The van der Waals surface area contributed by atoms with Gasteiger partial charge in [-0.2, -0.15) is 5.10 Å². The first-order chi connectivity index (χ1) is 12.5. The van der Waals surface area contributed by atoms with Crippen molar-refractivity contribution in [3.8, 4) is 5.75 Å². The van der Waals surface area contributed by atoms with Crippen molar-refractivity contribution in [1.82, 2.24) is 4.98 Å². The molecule has 2 aromatic rings. The molecule has 2 rings (SSSR count). The largest absolute Gasteiger partial charge is 0.493 e. The van der Waals surface area contributed by atoms with Crippen molar-refractivity contribution in [2.75, 3.05) is 18.6 Å². The SMILES string of the molecule is CCOC(=O)Cc1csc(NN=Cc2cc(OCC)c(C)c(F)c2F)n1. The van der Waals surface area contributed by atoms with Gasteiger partial charge >= 0.3 is 5.97 Å². The molecule has 0 radical (unpaired) electrons. The number of nitrogens with one attached hydrogen (secondary N) is 1. The summed E-state index contributed by atoms with van der Waals surface area (Å²) in [7, 11) is 0. The van der Waals surface area contributed by atoms with Crippen LogP contribution in [0.15, 0.2) is 16.5 Å². The van der Waals surface area contributed by atoms with E-state index in [1.807, 2.05) is 0 Å². The fourth-order valence-corrected chi connectivity index (χ4v) is 2.73. The molecule has 6 nitrogen and oxygen atoms in total. The zero-order valence-electron chi connectivity index (χ0n) is 14.6. The van der Waals surface area contributed by atoms with Gasteiger partial charge < -0.3 is 9.47 Å². The molecule has 0 bridgehead atoms. The Kier molecular flexibility index (Phi) is 7.02. The maximum atomic E-state index is 14.0. The number of ether oxygens (including phenoxy) is 2. The molecule has 9 heteroatoms. The van der Waals surface area contributed by atoms with E-state index < -0.39 is 11.6 Å². The second-order valence-corrected chi connectivity index (χ2v) is 6.00. The van der Waals surface area contributed by atoms with Crippen LogP contribution in [0.2, 0.25) is 0 Å². The lowest BCUT2D eigenvalue weighted by Crippen LogP contribution is -2.07. The summed E-state index contributed by atoms with van der Waals surface area (Å²) >= 11 is 1.23. The lowest BCUT2D eigenvalue weighted by molar-refractivity contribution is -0.142. The van der Waals surface area contributed by atoms with E-state index in [0.717, 1.165) is 6.21 Å². The van der Waals surface area contributed by atoms with Crippen LogP contribution in [0.25, 0.3) is 0 Å². The predicted molar refractivity (Wildman–Crippen MR) is 95.9 cm³/mol. The summed E-state index contributed by atoms with van der Waals surface area (Å²) in [6.45, 7) is 5.57. The molecule has 26 heavy (non-hydrogen) atoms. The standard InChI is InChI=1S/C17H19F2N3O3S/c1-4-24-13-6-11(16(19)15(18)10(13)3)8-20-22-17-21-12(9-26-17)7-14(23)25-5-2/h6,8-9H,4-5,7H2,1-3H3,(H,21,22). The smallest absolute Gasteiger partial charge is 0.311 e. The summed E-state index contributed by atoms with van der Waals surface area (Å²) in [5, 5.41) is 5.97. The van der Waals surface area contributed by atoms with Gasteiger partial charge in [-0.25, -0.2) is 13.8 Å². The number of esters is 1. The number of aromatic nitrogens is 1. The number of hydrogen-bond donors (Lipinski definition) is 1. The fraction of sp³-hybridized carbons (Fsp3) is 0.353. The van der Waals surface area contributed by atoms with Gasteiger partial charge in [0.15, 0.2) is 11.6 Å². The summed E-state index contributed by atoms with van der Waals surface area (Å²) in [4.78, 5) is 15.6. The molecule has 1 aromatic carbocycles. The molecular weight excluding hydrogens is 364 g/mol. The van der Waals surface area contributed by atoms with E-state index in [0.29, 0.717) is 24.0 Å². The molecule has 0 aliphatic rings. The monoisotopic (exact) mass is 383 g/mol. The first kappa shape index (κ1) is 19.8. The zero-order valence-corrected chi connectivity index (χ0v) is 15.5. The van der Waals surface area contributed by atoms with Crippen molar-refractivity contribution < 1.29 is 23.0 Å². The lowest BCUT2D eigenvalue weighted by Gasteiger charge is -2.10. The third-order valence-corrected chi connectivity index (χ3v) is 4.07. The quantitative estimate of drug-likeness (QED) is 0.428. The number of hydrazone groups is 1. The lowest BCUT2D eigenvalue weighted by atomic mass is 10.1. The summed E-state index contributed by atoms with van der Waals surface area (Å²) in [6.07, 6.45) is 1.21. The zero-order chi connectivity index (χ0) is 19.1. The second-order valence-electron chi connectivity index (χ2n) is 5.15. The van der Waals surface area contributed by atoms with Crippen LogP contribution < -0.4 is 10.2 Å². The van der Waals surface area contributed by atoms with Gasteiger partial charge in [0.1, 0.15) is 5.75 Å². The fourth-order valence-electron chi connectivity index (χ4n) is 2.07. The van der Waals surface area contributed by atoms with Gasteiger partial charge in [-0.05, 0) is 26.8 Å². The minimum atomic E-state index is -1.00. The number of halogens is 2. The number of rotatable bonds is 8. The first-order valence-electron chi connectivity index (χ1n) is 7.96. The number of carbonyl (C=O) groups is 1. The highest BCUT2D eigenvalue weighted by Gasteiger charge is 2.15. The Morgan fingerprint density at radius 1 is 1.35 bits per heavy atom. The molecule has 0 atom stereocenters. The Labute approximate surface area is 153 Å². The Hall–Kier alpha value is -2.55. The molecule has 0 saturated heterocycles. The van der Waals surface area contributed by atoms with Crippen molar-refractivity contribution in [2.45, 2.75) is 27.2 Å². The normalized spacial score (nSPS) is 11.0. The summed E-state index contributed by atoms with van der Waals surface area (Å²) < 4.78 is 38.1. The summed E-state index contributed by atoms with van der Waals surface area (Å²) in [5.41, 5.74) is 3.23. The molecule has 0 fully saturated rings. The van der Waals surface area contributed by atoms with Gasteiger partial charge in [-0.3, -0.25) is 10.2 Å². The number of thiazole rings is 1. The van der Waals surface area contributed by atoms with E-state index in [9.17, 15) is 13.6 Å². The Morgan fingerprint density at radius 2 is 2.12 bits per heavy atom. The van der Waals surface area contributed by atoms with Gasteiger partial charge in [-0.15, -0.1) is 11.3 Å². The first-order valence-corrected chi connectivity index (χ1v) is 8.84. The summed E-state index contributed by atoms with van der Waals surface area (Å²) in [5.74, 6) is -2.07. The van der Waals surface area contributed by atoms with Gasteiger partial charge in [0.2, 0.25) is 5.13 Å². The molecule has 0 saturated carbocycles. The maximum Gasteiger partial charge on any atom is 0.311 e. The number of benzene rings is 1. The molecule has 0 unspecified atom stereocenters. The number of nitrogens with zero attached hydrogens (tertiary/aromatic N) is 2. The third kappa shape index (κ3) is 4.98. The Morgan fingerprint density at radius 3 is 2.81 bits per heavy atom. The molecular formula is C17H19F2N3O3S. The molecule has 1 heterocycles. The van der Waals surface area contributed by atoms with E-state index in [-0.39, 0.29) is 29.3 Å². The highest BCUT2D eigenvalue weighted by atomic mass is 32.1. The number of hydrogen-bond acceptors (Lipinski definition) is 7. The third-order valence-electron chi connectivity index (χ3n) is 3.28. The van der Waals surface area contributed by atoms with Gasteiger partial charge in [-0.1, -0.05) is 0 Å². The van der Waals surface area contributed by atoms with Crippen molar-refractivity contribution >= 4 is 28.7 Å². The highest BCUT2D eigenvalue weighted by molar-refractivity contribution is 7.13. The minimum Gasteiger partial charge on any atom is -0.493 e. The molecule has 0 aliphatic carbocycles. The van der Waals surface area contributed by atoms with Gasteiger partial charge in [0.05, 0.1) is 31.5 Å². The average molecular weight is 383 g/mol. The van der Waals surface area contributed by atoms with E-state index in [1.165, 1.54) is 24.3 Å². The van der Waals surface area contributed by atoms with Crippen LogP contribution in [0.5, 0.6) is 5.75 Å². The second kappa shape index (κ2) is 9.23. The Bertz CT molecular complexity index is 809. The molecule has 0 aliphatic heterocycles. The van der Waals surface area contributed by atoms with Crippen LogP contribution in [0.1, 0.15) is 30.7 Å². The molecule has 0 amide bonds. The van der Waals surface area contributed by atoms with Crippen LogP contribution in [0.3, 0.4) is 0 Å². The van der Waals surface area contributed by atoms with Crippen LogP contribution in [-0.4, -0.2) is 30.4 Å². The molecule has 1 N–H and O–H groups in total. The molecule has 0 spiro atoms. The van der Waals surface area contributed by atoms with Crippen molar-refractivity contribution in [3.63, 3.8) is 0 Å². The van der Waals surface area contributed by atoms with E-state index in [2.05, 4.69) is 15.5 Å². The molecule has 1 aromatic heterocycles. The van der Waals surface area contributed by atoms with Gasteiger partial charge in [0.25, 0.3) is 0 Å². The van der Waals surface area contributed by atoms with Crippen molar-refractivity contribution in [2.24, 2.45) is 5.10 Å². The average Bonchev–Trinajstić information content (AvgIpc) is 3.04. The topological polar surface area (TPSA) is 72.8 Å². The van der Waals surface area contributed by atoms with E-state index >= 15 is 0 Å². The van der Waals surface area contributed by atoms with Crippen molar-refractivity contribution in [3.05, 3.63) is 39.9 Å². The summed E-state index contributed by atoms with van der Waals surface area (Å²) in [6, 6.07) is 1.39. The van der Waals surface area contributed by atoms with Crippen LogP contribution in [-0.2, 0) is 16.0 Å². The van der Waals surface area contributed by atoms with Crippen LogP contribution in [0, 0.1) is 18.6 Å². The maximum absolute atomic E-state index is 14.0. The van der Waals surface area contributed by atoms with Crippen LogP contribution in [0.4, 0.5) is 13.9 Å². The highest BCUT2D eigenvalue weighted by Crippen LogP contribution is 2.25. The Balaban J connectivity index is 2.07. The number of anilines is 1.